The molecular formula is C16H14F3OP. The van der Waals surface area contributed by atoms with Crippen LogP contribution in [0.4, 0.5) is 13.2 Å². The maximum Gasteiger partial charge on any atom is 0.416 e. The van der Waals surface area contributed by atoms with Crippen molar-refractivity contribution in [2.24, 2.45) is 0 Å². The first kappa shape index (κ1) is 15.7. The summed E-state index contributed by atoms with van der Waals surface area (Å²) in [6.45, 7) is 3.42. The first-order valence-electron chi connectivity index (χ1n) is 6.34. The van der Waals surface area contributed by atoms with Crippen molar-refractivity contribution in [3.63, 3.8) is 0 Å². The Kier molecular flexibility index (Phi) is 4.48. The summed E-state index contributed by atoms with van der Waals surface area (Å²) in [5.41, 5.74) is 0.620. The van der Waals surface area contributed by atoms with E-state index in [4.69, 9.17) is 0 Å². The molecule has 5 heteroatoms. The van der Waals surface area contributed by atoms with Crippen LogP contribution in [0, 0.1) is 13.8 Å². The molecule has 0 spiro atoms. The first-order valence-corrected chi connectivity index (χ1v) is 7.68. The van der Waals surface area contributed by atoms with E-state index in [1.807, 2.05) is 6.92 Å². The topological polar surface area (TPSA) is 17.1 Å². The van der Waals surface area contributed by atoms with Crippen LogP contribution in [0.15, 0.2) is 48.5 Å². The van der Waals surface area contributed by atoms with Gasteiger partial charge in [-0.15, -0.1) is 0 Å². The van der Waals surface area contributed by atoms with Crippen molar-refractivity contribution in [2.45, 2.75) is 19.8 Å². The van der Waals surface area contributed by atoms with E-state index in [0.29, 0.717) is 5.56 Å². The number of alkyl halides is 3. The van der Waals surface area contributed by atoms with E-state index in [-0.39, 0.29) is 10.9 Å². The van der Waals surface area contributed by atoms with Gasteiger partial charge in [0.1, 0.15) is 7.92 Å². The highest BCUT2D eigenvalue weighted by atomic mass is 31.1. The van der Waals surface area contributed by atoms with E-state index in [1.165, 1.54) is 18.2 Å². The fraction of sp³-hybridized carbons (Fsp3) is 0.188. The van der Waals surface area contributed by atoms with Crippen LogP contribution in [-0.4, -0.2) is 11.4 Å². The summed E-state index contributed by atoms with van der Waals surface area (Å²) in [7, 11) is -2.91. The fourth-order valence-corrected chi connectivity index (χ4v) is 3.90. The van der Waals surface area contributed by atoms with Crippen LogP contribution in [0.3, 0.4) is 0 Å². The molecule has 2 aromatic carbocycles. The largest absolute Gasteiger partial charge is 0.416 e. The second kappa shape index (κ2) is 5.98. The van der Waals surface area contributed by atoms with Crippen molar-refractivity contribution in [3.05, 3.63) is 65.2 Å². The SMILES string of the molecule is Cc1ccc(P(C(=O)c2ccccc2)C(F)(F)F)c(C)c1. The van der Waals surface area contributed by atoms with Crippen molar-refractivity contribution in [1.82, 2.24) is 0 Å². The van der Waals surface area contributed by atoms with Crippen LogP contribution >= 0.6 is 7.92 Å². The molecule has 0 aromatic heterocycles. The van der Waals surface area contributed by atoms with E-state index >= 15 is 0 Å². The quantitative estimate of drug-likeness (QED) is 0.746. The van der Waals surface area contributed by atoms with E-state index in [2.05, 4.69) is 0 Å². The van der Waals surface area contributed by atoms with Crippen molar-refractivity contribution >= 4 is 18.8 Å². The van der Waals surface area contributed by atoms with Gasteiger partial charge in [-0.25, -0.2) is 0 Å². The van der Waals surface area contributed by atoms with Crippen molar-refractivity contribution in [1.29, 1.82) is 0 Å². The molecule has 0 aliphatic carbocycles. The highest BCUT2D eigenvalue weighted by Crippen LogP contribution is 2.54. The van der Waals surface area contributed by atoms with Crippen molar-refractivity contribution in [3.8, 4) is 0 Å². The lowest BCUT2D eigenvalue weighted by molar-refractivity contribution is -0.0384. The van der Waals surface area contributed by atoms with Gasteiger partial charge < -0.3 is 0 Å². The van der Waals surface area contributed by atoms with Gasteiger partial charge in [-0.3, -0.25) is 4.79 Å². The smallest absolute Gasteiger partial charge is 0.288 e. The summed E-state index contributed by atoms with van der Waals surface area (Å²) in [6.07, 6.45) is 0. The number of hydrogen-bond acceptors (Lipinski definition) is 1. The van der Waals surface area contributed by atoms with Crippen LogP contribution in [0.2, 0.25) is 0 Å². The Morgan fingerprint density at radius 3 is 2.14 bits per heavy atom. The number of halogens is 3. The highest BCUT2D eigenvalue weighted by Gasteiger charge is 2.46. The predicted molar refractivity (Wildman–Crippen MR) is 79.3 cm³/mol. The van der Waals surface area contributed by atoms with Crippen molar-refractivity contribution in [2.75, 3.05) is 0 Å². The third-order valence-corrected chi connectivity index (χ3v) is 5.23. The Labute approximate surface area is 122 Å². The minimum atomic E-state index is -4.55. The molecule has 0 fully saturated rings. The number of benzene rings is 2. The maximum absolute atomic E-state index is 13.4. The Morgan fingerprint density at radius 2 is 1.62 bits per heavy atom. The molecule has 0 heterocycles. The van der Waals surface area contributed by atoms with Gasteiger partial charge in [0, 0.05) is 5.56 Å². The molecule has 0 aliphatic rings. The molecule has 0 aliphatic heterocycles. The summed E-state index contributed by atoms with van der Waals surface area (Å²) in [5, 5.41) is 0.0805. The van der Waals surface area contributed by atoms with E-state index < -0.39 is 19.4 Å². The summed E-state index contributed by atoms with van der Waals surface area (Å²) in [6, 6.07) is 12.4. The zero-order valence-electron chi connectivity index (χ0n) is 11.6. The first-order chi connectivity index (χ1) is 9.80. The van der Waals surface area contributed by atoms with Crippen LogP contribution in [0.5, 0.6) is 0 Å². The van der Waals surface area contributed by atoms with E-state index in [0.717, 1.165) is 5.56 Å². The molecule has 0 saturated heterocycles. The van der Waals surface area contributed by atoms with E-state index in [9.17, 15) is 18.0 Å². The summed E-state index contributed by atoms with van der Waals surface area (Å²) in [4.78, 5) is 12.3. The van der Waals surface area contributed by atoms with Gasteiger partial charge in [0.2, 0.25) is 0 Å². The molecule has 21 heavy (non-hydrogen) atoms. The van der Waals surface area contributed by atoms with Crippen LogP contribution in [0.25, 0.3) is 0 Å². The molecule has 1 unspecified atom stereocenters. The van der Waals surface area contributed by atoms with Gasteiger partial charge in [0.05, 0.1) is 0 Å². The van der Waals surface area contributed by atoms with E-state index in [1.54, 1.807) is 37.3 Å². The average Bonchev–Trinajstić information content (AvgIpc) is 2.41. The zero-order valence-corrected chi connectivity index (χ0v) is 12.5. The molecule has 0 amide bonds. The Balaban J connectivity index is 2.52. The standard InChI is InChI=1S/C16H14F3OP/c1-11-8-9-14(12(2)10-11)21(16(17,18)19)15(20)13-6-4-3-5-7-13/h3-10H,1-2H3. The molecule has 2 rings (SSSR count). The molecule has 110 valence electrons. The van der Waals surface area contributed by atoms with Gasteiger partial charge >= 0.3 is 5.92 Å². The normalized spacial score (nSPS) is 13.0. The molecule has 0 bridgehead atoms. The van der Waals surface area contributed by atoms with Crippen LogP contribution < -0.4 is 5.30 Å². The number of carbonyl (C=O) groups excluding carboxylic acids is 1. The lowest BCUT2D eigenvalue weighted by Gasteiger charge is -2.21. The number of rotatable bonds is 3. The lowest BCUT2D eigenvalue weighted by Crippen LogP contribution is -2.23. The van der Waals surface area contributed by atoms with Crippen LogP contribution in [-0.2, 0) is 0 Å². The fourth-order valence-electron chi connectivity index (χ4n) is 2.13. The summed E-state index contributed by atoms with van der Waals surface area (Å²) >= 11 is 0. The second-order valence-electron chi connectivity index (χ2n) is 4.76. The van der Waals surface area contributed by atoms with Crippen LogP contribution in [0.1, 0.15) is 21.5 Å². The second-order valence-corrected chi connectivity index (χ2v) is 6.83. The Bertz CT molecular complexity index is 650. The molecule has 0 saturated carbocycles. The molecule has 0 N–H and O–H groups in total. The van der Waals surface area contributed by atoms with Crippen molar-refractivity contribution < 1.29 is 18.0 Å². The Morgan fingerprint density at radius 1 is 1.00 bits per heavy atom. The zero-order chi connectivity index (χ0) is 15.6. The molecule has 2 aromatic rings. The number of carbonyl (C=O) groups is 1. The minimum Gasteiger partial charge on any atom is -0.288 e. The number of aryl methyl sites for hydroxylation is 2. The molecule has 1 nitrogen and oxygen atoms in total. The molecule has 0 radical (unpaired) electrons. The van der Waals surface area contributed by atoms with Gasteiger partial charge in [0.15, 0.2) is 5.52 Å². The minimum absolute atomic E-state index is 0.0805. The predicted octanol–water partition coefficient (Wildman–Crippen LogP) is 4.77. The monoisotopic (exact) mass is 310 g/mol. The van der Waals surface area contributed by atoms with Gasteiger partial charge in [-0.1, -0.05) is 54.1 Å². The van der Waals surface area contributed by atoms with Gasteiger partial charge in [-0.2, -0.15) is 13.2 Å². The maximum atomic E-state index is 13.4. The third kappa shape index (κ3) is 3.51. The third-order valence-electron chi connectivity index (χ3n) is 3.07. The number of hydrogen-bond donors (Lipinski definition) is 0. The summed E-state index contributed by atoms with van der Waals surface area (Å²) in [5.74, 6) is -4.55. The van der Waals surface area contributed by atoms with Gasteiger partial charge in [-0.05, 0) is 24.7 Å². The summed E-state index contributed by atoms with van der Waals surface area (Å²) < 4.78 is 40.3. The molecule has 1 atom stereocenters. The Hall–Kier alpha value is -1.67. The van der Waals surface area contributed by atoms with Gasteiger partial charge in [0.25, 0.3) is 0 Å². The molecular weight excluding hydrogens is 296 g/mol. The lowest BCUT2D eigenvalue weighted by atomic mass is 10.2. The highest BCUT2D eigenvalue weighted by molar-refractivity contribution is 7.83. The average molecular weight is 310 g/mol.